The molecule has 534 valence electrons. The van der Waals surface area contributed by atoms with Gasteiger partial charge in [-0.05, 0) is 140 Å². The van der Waals surface area contributed by atoms with E-state index in [4.69, 9.17) is 65.7 Å². The second-order valence-electron chi connectivity index (χ2n) is 29.1. The third-order valence-electron chi connectivity index (χ3n) is 21.7. The summed E-state index contributed by atoms with van der Waals surface area (Å²) >= 11 is 3.48. The van der Waals surface area contributed by atoms with Crippen molar-refractivity contribution in [3.05, 3.63) is 308 Å². The second-order valence-corrected chi connectivity index (χ2v) is 29.9. The van der Waals surface area contributed by atoms with Crippen molar-refractivity contribution in [1.29, 1.82) is 0 Å². The first kappa shape index (κ1) is 66.6. The molecule has 0 bridgehead atoms. The standard InChI is InChI=1S/C45H25N3O3.C39H30BN3O4.C12H7BrO/c1-2-10-26(11-3-1)43-46-44(48-45(47-43)35-17-9-16-34-31-13-5-7-19-38(31)51-42(34)35)28-20-22-32-36-24-27(21-23-39(36)49-40(32)25-28)29-14-8-15-33-30-12-4-6-18-37(30)50-41(29)33;1-38(2)39(3,4)47-40(46-38)25-18-20-32-30(22-25)27-19-17-24(21-33(27)44-32)36-41-35(23-11-6-5-7-12-23)42-37(43-36)29-15-10-14-28-26-13-8-9-16-31(26)45-34(28)29;13-10-6-3-5-9-8-4-1-2-7-11(8)14-12(9)10/h1-25H;5-22H,1-4H3;1-7H. The Balaban J connectivity index is 0.000000121. The Morgan fingerprint density at radius 2 is 0.562 bits per heavy atom. The molecule has 0 atom stereocenters. The Labute approximate surface area is 647 Å². The molecule has 0 unspecified atom stereocenters. The molecule has 0 radical (unpaired) electrons. The van der Waals surface area contributed by atoms with Gasteiger partial charge in [-0.15, -0.1) is 0 Å². The van der Waals surface area contributed by atoms with E-state index in [2.05, 4.69) is 141 Å². The fourth-order valence-electron chi connectivity index (χ4n) is 15.4. The number of benzene rings is 14. The van der Waals surface area contributed by atoms with Crippen molar-refractivity contribution in [2.75, 3.05) is 0 Å². The highest BCUT2D eigenvalue weighted by molar-refractivity contribution is 9.10. The number of halogens is 1. The molecule has 9 heterocycles. The fourth-order valence-corrected chi connectivity index (χ4v) is 15.8. The number of aromatic nitrogens is 6. The summed E-state index contributed by atoms with van der Waals surface area (Å²) in [5.41, 5.74) is 17.1. The Bertz CT molecular complexity index is 7510. The smallest absolute Gasteiger partial charge is 0.456 e. The van der Waals surface area contributed by atoms with Crippen molar-refractivity contribution in [3.8, 4) is 79.5 Å². The first-order valence-corrected chi connectivity index (χ1v) is 37.8. The Hall–Kier alpha value is -13.6. The molecule has 0 N–H and O–H groups in total. The van der Waals surface area contributed by atoms with Crippen LogP contribution in [0.15, 0.2) is 334 Å². The van der Waals surface area contributed by atoms with Crippen LogP contribution in [0.2, 0.25) is 0 Å². The molecule has 0 aliphatic carbocycles. The first-order chi connectivity index (χ1) is 54.8. The highest BCUT2D eigenvalue weighted by atomic mass is 79.9. The maximum Gasteiger partial charge on any atom is 0.494 e. The van der Waals surface area contributed by atoms with Gasteiger partial charge in [-0.1, -0.05) is 218 Å². The van der Waals surface area contributed by atoms with E-state index in [0.717, 1.165) is 181 Å². The van der Waals surface area contributed by atoms with E-state index in [1.165, 1.54) is 5.39 Å². The van der Waals surface area contributed by atoms with Crippen LogP contribution in [0.4, 0.5) is 0 Å². The molecule has 8 aromatic heterocycles. The molecule has 0 spiro atoms. The van der Waals surface area contributed by atoms with Crippen LogP contribution in [-0.2, 0) is 9.31 Å². The third-order valence-corrected chi connectivity index (χ3v) is 22.3. The number of nitrogens with zero attached hydrogens (tertiary/aromatic N) is 6. The molecule has 1 aliphatic rings. The van der Waals surface area contributed by atoms with Crippen molar-refractivity contribution in [2.24, 2.45) is 0 Å². The molecule has 14 aromatic carbocycles. The van der Waals surface area contributed by atoms with Gasteiger partial charge in [0.25, 0.3) is 0 Å². The molecule has 14 nitrogen and oxygen atoms in total. The Morgan fingerprint density at radius 1 is 0.232 bits per heavy atom. The van der Waals surface area contributed by atoms with Gasteiger partial charge in [0.05, 0.1) is 26.8 Å². The van der Waals surface area contributed by atoms with Crippen LogP contribution in [0.3, 0.4) is 0 Å². The molecule has 23 rings (SSSR count). The molecule has 1 fully saturated rings. The maximum absolute atomic E-state index is 6.45. The summed E-state index contributed by atoms with van der Waals surface area (Å²) < 4.78 is 51.3. The average molecular weight is 1520 g/mol. The minimum atomic E-state index is -0.454. The van der Waals surface area contributed by atoms with Crippen LogP contribution in [0.5, 0.6) is 0 Å². The van der Waals surface area contributed by atoms with Gasteiger partial charge in [0, 0.05) is 92.5 Å². The van der Waals surface area contributed by atoms with Crippen LogP contribution in [-0.4, -0.2) is 48.2 Å². The van der Waals surface area contributed by atoms with Crippen molar-refractivity contribution in [2.45, 2.75) is 38.9 Å². The minimum Gasteiger partial charge on any atom is -0.456 e. The van der Waals surface area contributed by atoms with Crippen LogP contribution in [0.25, 0.3) is 211 Å². The zero-order chi connectivity index (χ0) is 74.9. The number of para-hydroxylation sites is 8. The van der Waals surface area contributed by atoms with E-state index in [1.54, 1.807) is 0 Å². The largest absolute Gasteiger partial charge is 0.494 e. The van der Waals surface area contributed by atoms with E-state index in [-0.39, 0.29) is 0 Å². The van der Waals surface area contributed by atoms with Gasteiger partial charge in [-0.3, -0.25) is 0 Å². The summed E-state index contributed by atoms with van der Waals surface area (Å²) in [7, 11) is -0.454. The fraction of sp³-hybridized carbons (Fsp3) is 0.0625. The quantitative estimate of drug-likeness (QED) is 0.131. The van der Waals surface area contributed by atoms with E-state index in [9.17, 15) is 0 Å². The van der Waals surface area contributed by atoms with E-state index in [0.29, 0.717) is 34.9 Å². The molecule has 1 aliphatic heterocycles. The molecule has 16 heteroatoms. The normalized spacial score (nSPS) is 13.5. The topological polar surface area (TPSA) is 175 Å². The monoisotopic (exact) mass is 1520 g/mol. The zero-order valence-corrected chi connectivity index (χ0v) is 62.4. The number of rotatable bonds is 8. The summed E-state index contributed by atoms with van der Waals surface area (Å²) in [6.07, 6.45) is 0. The molecule has 1 saturated heterocycles. The SMILES string of the molecule is Brc1cccc2c1oc1ccccc12.CC1(C)OB(c2ccc3oc4cc(-c5nc(-c6ccccc6)nc(-c6cccc7c6oc6ccccc67)n5)ccc4c3c2)OC1(C)C.c1ccc(-c2nc(-c3ccc4c(c3)oc3ccc(-c5cccc6c5oc5ccccc56)cc34)nc(-c3cccc4c3oc3ccccc34)n2)cc1. The lowest BCUT2D eigenvalue weighted by Crippen LogP contribution is -2.41. The van der Waals surface area contributed by atoms with Crippen molar-refractivity contribution >= 4 is 160 Å². The third kappa shape index (κ3) is 11.4. The van der Waals surface area contributed by atoms with Crippen LogP contribution in [0, 0.1) is 0 Å². The number of hydrogen-bond acceptors (Lipinski definition) is 14. The second kappa shape index (κ2) is 26.3. The predicted octanol–water partition coefficient (Wildman–Crippen LogP) is 25.6. The van der Waals surface area contributed by atoms with Crippen LogP contribution >= 0.6 is 15.9 Å². The lowest BCUT2D eigenvalue weighted by atomic mass is 9.78. The zero-order valence-electron chi connectivity index (χ0n) is 60.8. The number of hydrogen-bond donors (Lipinski definition) is 0. The van der Waals surface area contributed by atoms with Gasteiger partial charge in [0.15, 0.2) is 34.9 Å². The lowest BCUT2D eigenvalue weighted by molar-refractivity contribution is 0.00578. The molecular weight excluding hydrogens is 1460 g/mol. The van der Waals surface area contributed by atoms with Crippen LogP contribution in [0.1, 0.15) is 27.7 Å². The maximum atomic E-state index is 6.45. The lowest BCUT2D eigenvalue weighted by Gasteiger charge is -2.32. The Kier molecular flexibility index (Phi) is 15.6. The van der Waals surface area contributed by atoms with Crippen molar-refractivity contribution < 1.29 is 35.8 Å². The minimum absolute atomic E-state index is 0.419. The van der Waals surface area contributed by atoms with Gasteiger partial charge >= 0.3 is 7.12 Å². The van der Waals surface area contributed by atoms with Crippen molar-refractivity contribution in [1.82, 2.24) is 29.9 Å². The summed E-state index contributed by atoms with van der Waals surface area (Å²) in [6, 6.07) is 102. The van der Waals surface area contributed by atoms with Crippen molar-refractivity contribution in [3.63, 3.8) is 0 Å². The van der Waals surface area contributed by atoms with E-state index >= 15 is 0 Å². The van der Waals surface area contributed by atoms with E-state index in [1.807, 2.05) is 206 Å². The summed E-state index contributed by atoms with van der Waals surface area (Å²) in [5, 5.41) is 12.7. The van der Waals surface area contributed by atoms with E-state index < -0.39 is 18.3 Å². The molecule has 0 amide bonds. The van der Waals surface area contributed by atoms with Gasteiger partial charge in [0.2, 0.25) is 0 Å². The molecular formula is C96H62BBrN6O8. The Morgan fingerprint density at radius 3 is 1.03 bits per heavy atom. The molecule has 0 saturated carbocycles. The van der Waals surface area contributed by atoms with Gasteiger partial charge in [-0.25, -0.2) is 29.9 Å². The summed E-state index contributed by atoms with van der Waals surface area (Å²) in [5.74, 6) is 3.33. The predicted molar refractivity (Wildman–Crippen MR) is 451 cm³/mol. The van der Waals surface area contributed by atoms with Crippen LogP contribution < -0.4 is 5.46 Å². The highest BCUT2D eigenvalue weighted by Gasteiger charge is 2.52. The number of fused-ring (bicyclic) bond motifs is 18. The highest BCUT2D eigenvalue weighted by Crippen LogP contribution is 2.44. The first-order valence-electron chi connectivity index (χ1n) is 37.0. The van der Waals surface area contributed by atoms with Gasteiger partial charge in [-0.2, -0.15) is 0 Å². The average Bonchev–Trinajstić information content (AvgIpc) is 1.58. The summed E-state index contributed by atoms with van der Waals surface area (Å²) in [4.78, 5) is 29.9. The van der Waals surface area contributed by atoms with Gasteiger partial charge in [0.1, 0.15) is 67.0 Å². The number of furan rings is 6. The molecule has 112 heavy (non-hydrogen) atoms. The molecule has 22 aromatic rings. The van der Waals surface area contributed by atoms with Gasteiger partial charge < -0.3 is 35.8 Å². The summed E-state index contributed by atoms with van der Waals surface area (Å²) in [6.45, 7) is 8.25.